The number of rotatable bonds is 6. The highest BCUT2D eigenvalue weighted by molar-refractivity contribution is 6.13. The number of methoxy groups -OCH3 is 1. The number of anilines is 3. The third-order valence-electron chi connectivity index (χ3n) is 4.66. The quantitative estimate of drug-likeness (QED) is 0.655. The van der Waals surface area contributed by atoms with E-state index in [-0.39, 0.29) is 30.2 Å². The second-order valence-electron chi connectivity index (χ2n) is 6.96. The van der Waals surface area contributed by atoms with E-state index >= 15 is 0 Å². The number of amides is 3. The van der Waals surface area contributed by atoms with Gasteiger partial charge in [0.2, 0.25) is 17.7 Å². The first-order valence-corrected chi connectivity index (χ1v) is 9.51. The predicted octanol–water partition coefficient (Wildman–Crippen LogP) is 3.54. The Morgan fingerprint density at radius 1 is 1.12 bits per heavy atom. The molecular weight excluding hydrogens is 431 g/mol. The zero-order chi connectivity index (χ0) is 23.5. The van der Waals surface area contributed by atoms with Crippen LogP contribution in [0.1, 0.15) is 13.3 Å². The molecule has 0 spiro atoms. The van der Waals surface area contributed by atoms with Crippen molar-refractivity contribution in [3.05, 3.63) is 42.5 Å². The minimum atomic E-state index is -4.86. The molecule has 1 heterocycles. The van der Waals surface area contributed by atoms with Crippen LogP contribution in [-0.2, 0) is 14.4 Å². The van der Waals surface area contributed by atoms with Crippen LogP contribution in [-0.4, -0.2) is 37.7 Å². The highest BCUT2D eigenvalue weighted by Gasteiger charge is 2.38. The van der Waals surface area contributed by atoms with Crippen LogP contribution < -0.4 is 25.0 Å². The molecule has 2 N–H and O–H groups in total. The van der Waals surface area contributed by atoms with Crippen LogP contribution in [0.2, 0.25) is 0 Å². The molecule has 11 heteroatoms. The number of nitrogens with one attached hydrogen (secondary N) is 2. The molecule has 0 aromatic heterocycles. The number of hydrogen-bond acceptors (Lipinski definition) is 5. The summed E-state index contributed by atoms with van der Waals surface area (Å²) in [4.78, 5) is 38.1. The summed E-state index contributed by atoms with van der Waals surface area (Å²) in [5.41, 5.74) is 0.877. The monoisotopic (exact) mass is 451 g/mol. The Labute approximate surface area is 181 Å². The van der Waals surface area contributed by atoms with Gasteiger partial charge in [0.15, 0.2) is 0 Å². The lowest BCUT2D eigenvalue weighted by molar-refractivity contribution is -0.274. The fraction of sp³-hybridized carbons (Fsp3) is 0.286. The molecular formula is C21H20F3N3O5. The van der Waals surface area contributed by atoms with E-state index in [1.807, 2.05) is 0 Å². The molecule has 0 saturated carbocycles. The van der Waals surface area contributed by atoms with Gasteiger partial charge in [-0.05, 0) is 36.8 Å². The van der Waals surface area contributed by atoms with Gasteiger partial charge < -0.3 is 25.0 Å². The molecule has 0 bridgehead atoms. The first-order valence-electron chi connectivity index (χ1n) is 9.51. The summed E-state index contributed by atoms with van der Waals surface area (Å²) in [5.74, 6) is -2.63. The lowest BCUT2D eigenvalue weighted by Gasteiger charge is -2.18. The van der Waals surface area contributed by atoms with Gasteiger partial charge in [0.05, 0.1) is 12.8 Å². The van der Waals surface area contributed by atoms with E-state index in [4.69, 9.17) is 4.74 Å². The Bertz CT molecular complexity index is 1040. The molecule has 1 atom stereocenters. The van der Waals surface area contributed by atoms with Gasteiger partial charge in [-0.15, -0.1) is 13.2 Å². The Morgan fingerprint density at radius 2 is 1.88 bits per heavy atom. The van der Waals surface area contributed by atoms with Crippen LogP contribution in [0.15, 0.2) is 42.5 Å². The number of halogens is 3. The lowest BCUT2D eigenvalue weighted by atomic mass is 10.1. The van der Waals surface area contributed by atoms with Crippen molar-refractivity contribution >= 4 is 34.8 Å². The molecule has 8 nitrogen and oxygen atoms in total. The van der Waals surface area contributed by atoms with E-state index in [0.29, 0.717) is 11.4 Å². The molecule has 0 unspecified atom stereocenters. The average molecular weight is 451 g/mol. The number of nitrogens with zero attached hydrogens (tertiary/aromatic N) is 1. The highest BCUT2D eigenvalue weighted by atomic mass is 19.4. The van der Waals surface area contributed by atoms with Gasteiger partial charge in [-0.2, -0.15) is 0 Å². The van der Waals surface area contributed by atoms with Crippen LogP contribution in [0, 0.1) is 5.92 Å². The molecule has 0 radical (unpaired) electrons. The van der Waals surface area contributed by atoms with Gasteiger partial charge in [-0.25, -0.2) is 0 Å². The minimum Gasteiger partial charge on any atom is -0.495 e. The Kier molecular flexibility index (Phi) is 6.56. The van der Waals surface area contributed by atoms with Crippen molar-refractivity contribution in [2.75, 3.05) is 29.2 Å². The predicted molar refractivity (Wildman–Crippen MR) is 110 cm³/mol. The van der Waals surface area contributed by atoms with Crippen molar-refractivity contribution in [2.24, 2.45) is 5.92 Å². The topological polar surface area (TPSA) is 97.0 Å². The Hall–Kier alpha value is -3.76. The van der Waals surface area contributed by atoms with Gasteiger partial charge in [0, 0.05) is 30.9 Å². The van der Waals surface area contributed by atoms with Crippen molar-refractivity contribution in [1.82, 2.24) is 0 Å². The number of hydrogen-bond donors (Lipinski definition) is 2. The maximum Gasteiger partial charge on any atom is 0.573 e. The van der Waals surface area contributed by atoms with Crippen LogP contribution >= 0.6 is 0 Å². The van der Waals surface area contributed by atoms with Gasteiger partial charge in [-0.1, -0.05) is 6.07 Å². The molecule has 1 saturated heterocycles. The maximum absolute atomic E-state index is 12.8. The standard InChI is InChI=1S/C21H20F3N3O5/c1-12(28)25-13-6-7-18(31-2)17(10-13)26-19(29)16-8-9-27(20(16)30)14-4-3-5-15(11-14)32-21(22,23)24/h3-7,10-11,16H,8-9H2,1-2H3,(H,25,28)(H,26,29)/t16-/m0/s1. The molecule has 1 aliphatic heterocycles. The van der Waals surface area contributed by atoms with Crippen molar-refractivity contribution in [3.63, 3.8) is 0 Å². The largest absolute Gasteiger partial charge is 0.573 e. The number of carbonyl (C=O) groups is 3. The van der Waals surface area contributed by atoms with E-state index < -0.39 is 29.8 Å². The lowest BCUT2D eigenvalue weighted by Crippen LogP contribution is -2.33. The molecule has 1 aliphatic rings. The van der Waals surface area contributed by atoms with Crippen LogP contribution in [0.5, 0.6) is 11.5 Å². The molecule has 32 heavy (non-hydrogen) atoms. The molecule has 1 fully saturated rings. The maximum atomic E-state index is 12.8. The van der Waals surface area contributed by atoms with Crippen molar-refractivity contribution in [2.45, 2.75) is 19.7 Å². The average Bonchev–Trinajstić information content (AvgIpc) is 3.08. The van der Waals surface area contributed by atoms with E-state index in [0.717, 1.165) is 12.1 Å². The van der Waals surface area contributed by atoms with Crippen LogP contribution in [0.3, 0.4) is 0 Å². The first-order chi connectivity index (χ1) is 15.1. The first kappa shape index (κ1) is 22.9. The van der Waals surface area contributed by atoms with Gasteiger partial charge in [0.1, 0.15) is 17.4 Å². The Balaban J connectivity index is 1.74. The summed E-state index contributed by atoms with van der Waals surface area (Å²) in [5, 5.41) is 5.21. The third kappa shape index (κ3) is 5.48. The molecule has 0 aliphatic carbocycles. The van der Waals surface area contributed by atoms with E-state index in [9.17, 15) is 27.6 Å². The zero-order valence-electron chi connectivity index (χ0n) is 17.2. The van der Waals surface area contributed by atoms with E-state index in [2.05, 4.69) is 15.4 Å². The van der Waals surface area contributed by atoms with Gasteiger partial charge in [0.25, 0.3) is 0 Å². The molecule has 3 amide bonds. The Morgan fingerprint density at radius 3 is 2.53 bits per heavy atom. The fourth-order valence-electron chi connectivity index (χ4n) is 3.33. The molecule has 2 aromatic rings. The smallest absolute Gasteiger partial charge is 0.495 e. The number of carbonyl (C=O) groups excluding carboxylic acids is 3. The number of ether oxygens (including phenoxy) is 2. The van der Waals surface area contributed by atoms with Crippen LogP contribution in [0.25, 0.3) is 0 Å². The summed E-state index contributed by atoms with van der Waals surface area (Å²) in [6.45, 7) is 1.48. The second kappa shape index (κ2) is 9.16. The summed E-state index contributed by atoms with van der Waals surface area (Å²) in [6, 6.07) is 9.63. The van der Waals surface area contributed by atoms with Gasteiger partial charge in [-0.3, -0.25) is 14.4 Å². The normalized spacial score (nSPS) is 16.0. The molecule has 170 valence electrons. The van der Waals surface area contributed by atoms with Crippen LogP contribution in [0.4, 0.5) is 30.2 Å². The molecule has 2 aromatic carbocycles. The van der Waals surface area contributed by atoms with Gasteiger partial charge >= 0.3 is 6.36 Å². The van der Waals surface area contributed by atoms with Crippen molar-refractivity contribution < 1.29 is 37.0 Å². The SMILES string of the molecule is COc1ccc(NC(C)=O)cc1NC(=O)[C@@H]1CCN(c2cccc(OC(F)(F)F)c2)C1=O. The van der Waals surface area contributed by atoms with E-state index in [1.165, 1.54) is 37.1 Å². The minimum absolute atomic E-state index is 0.148. The van der Waals surface area contributed by atoms with E-state index in [1.54, 1.807) is 12.1 Å². The second-order valence-corrected chi connectivity index (χ2v) is 6.96. The van der Waals surface area contributed by atoms with Crippen molar-refractivity contribution in [3.8, 4) is 11.5 Å². The number of benzene rings is 2. The summed E-state index contributed by atoms with van der Waals surface area (Å²) < 4.78 is 46.5. The summed E-state index contributed by atoms with van der Waals surface area (Å²) in [6.07, 6.45) is -4.69. The number of alkyl halides is 3. The summed E-state index contributed by atoms with van der Waals surface area (Å²) >= 11 is 0. The summed E-state index contributed by atoms with van der Waals surface area (Å²) in [7, 11) is 1.40. The van der Waals surface area contributed by atoms with Crippen molar-refractivity contribution in [1.29, 1.82) is 0 Å². The fourth-order valence-corrected chi connectivity index (χ4v) is 3.33. The molecule has 3 rings (SSSR count). The third-order valence-corrected chi connectivity index (χ3v) is 4.66. The zero-order valence-corrected chi connectivity index (χ0v) is 17.2. The highest BCUT2D eigenvalue weighted by Crippen LogP contribution is 2.32.